The van der Waals surface area contributed by atoms with Gasteiger partial charge in [0, 0.05) is 23.2 Å². The van der Waals surface area contributed by atoms with Crippen LogP contribution < -0.4 is 10.6 Å². The van der Waals surface area contributed by atoms with Crippen molar-refractivity contribution in [3.8, 4) is 0 Å². The Morgan fingerprint density at radius 2 is 1.40 bits per heavy atom. The number of carbonyl (C=O) groups is 2. The average Bonchev–Trinajstić information content (AvgIpc) is 2.46. The van der Waals surface area contributed by atoms with Crippen LogP contribution in [0.15, 0.2) is 24.3 Å². The Labute approximate surface area is 117 Å². The molecule has 2 amide bonds. The second-order valence-electron chi connectivity index (χ2n) is 4.69. The van der Waals surface area contributed by atoms with Crippen molar-refractivity contribution in [1.29, 1.82) is 0 Å². The van der Waals surface area contributed by atoms with Crippen LogP contribution in [0.2, 0.25) is 0 Å². The van der Waals surface area contributed by atoms with Gasteiger partial charge in [-0.05, 0) is 32.0 Å². The first-order valence-corrected chi connectivity index (χ1v) is 6.41. The lowest BCUT2D eigenvalue weighted by Gasteiger charge is -2.13. The van der Waals surface area contributed by atoms with E-state index in [0.29, 0.717) is 11.1 Å². The average molecular weight is 280 g/mol. The Balaban J connectivity index is 2.80. The van der Waals surface area contributed by atoms with Gasteiger partial charge in [0.2, 0.25) is 0 Å². The van der Waals surface area contributed by atoms with Gasteiger partial charge in [-0.15, -0.1) is 0 Å². The molecule has 0 aliphatic rings. The van der Waals surface area contributed by atoms with E-state index in [9.17, 15) is 9.59 Å². The highest BCUT2D eigenvalue weighted by Gasteiger charge is 2.13. The lowest BCUT2D eigenvalue weighted by atomic mass is 10.1. The van der Waals surface area contributed by atoms with Gasteiger partial charge in [0.1, 0.15) is 0 Å². The van der Waals surface area contributed by atoms with Crippen molar-refractivity contribution in [3.05, 3.63) is 35.4 Å². The van der Waals surface area contributed by atoms with Gasteiger partial charge in [-0.2, -0.15) is 0 Å². The summed E-state index contributed by atoms with van der Waals surface area (Å²) in [7, 11) is 0. The first-order chi connectivity index (χ1) is 9.47. The molecule has 0 radical (unpaired) electrons. The third-order valence-corrected chi connectivity index (χ3v) is 2.69. The molecule has 0 saturated heterocycles. The highest BCUT2D eigenvalue weighted by Crippen LogP contribution is 2.06. The molecular weight excluding hydrogens is 260 g/mol. The lowest BCUT2D eigenvalue weighted by molar-refractivity contribution is 0.0922. The van der Waals surface area contributed by atoms with E-state index in [1.54, 1.807) is 32.0 Å². The molecule has 0 spiro atoms. The lowest BCUT2D eigenvalue weighted by Crippen LogP contribution is -2.36. The first-order valence-electron chi connectivity index (χ1n) is 6.41. The van der Waals surface area contributed by atoms with E-state index >= 15 is 0 Å². The largest absolute Gasteiger partial charge is 0.394 e. The molecule has 6 heteroatoms. The zero-order valence-electron chi connectivity index (χ0n) is 11.6. The Kier molecular flexibility index (Phi) is 6.14. The number of rotatable bonds is 6. The third kappa shape index (κ3) is 4.64. The van der Waals surface area contributed by atoms with Gasteiger partial charge in [-0.3, -0.25) is 9.59 Å². The highest BCUT2D eigenvalue weighted by atomic mass is 16.3. The van der Waals surface area contributed by atoms with Crippen LogP contribution in [0.25, 0.3) is 0 Å². The summed E-state index contributed by atoms with van der Waals surface area (Å²) in [4.78, 5) is 23.7. The molecule has 0 heterocycles. The Morgan fingerprint density at radius 3 is 1.75 bits per heavy atom. The molecule has 1 aromatic rings. The molecular formula is C14H20N2O4. The molecule has 0 aliphatic heterocycles. The number of hydrogen-bond donors (Lipinski definition) is 4. The second kappa shape index (κ2) is 7.62. The number of amides is 2. The van der Waals surface area contributed by atoms with Crippen LogP contribution in [-0.2, 0) is 0 Å². The van der Waals surface area contributed by atoms with Crippen LogP contribution in [0.5, 0.6) is 0 Å². The Hall–Kier alpha value is -1.92. The zero-order valence-corrected chi connectivity index (χ0v) is 11.6. The molecule has 1 aromatic carbocycles. The molecule has 0 aliphatic carbocycles. The van der Waals surface area contributed by atoms with E-state index in [1.165, 1.54) is 6.07 Å². The highest BCUT2D eigenvalue weighted by molar-refractivity contribution is 5.99. The Bertz CT molecular complexity index is 437. The van der Waals surface area contributed by atoms with Crippen LogP contribution in [-0.4, -0.2) is 47.3 Å². The van der Waals surface area contributed by atoms with Crippen LogP contribution in [0.1, 0.15) is 34.6 Å². The van der Waals surface area contributed by atoms with E-state index in [4.69, 9.17) is 10.2 Å². The SMILES string of the molecule is CC(CO)NC(=O)c1cccc(C(=O)NC(C)CO)c1. The quantitative estimate of drug-likeness (QED) is 0.585. The van der Waals surface area contributed by atoms with Crippen LogP contribution in [0.4, 0.5) is 0 Å². The fraction of sp³-hybridized carbons (Fsp3) is 0.429. The van der Waals surface area contributed by atoms with E-state index in [-0.39, 0.29) is 37.1 Å². The van der Waals surface area contributed by atoms with Crippen molar-refractivity contribution in [2.45, 2.75) is 25.9 Å². The number of benzene rings is 1. The van der Waals surface area contributed by atoms with Crippen LogP contribution in [0, 0.1) is 0 Å². The van der Waals surface area contributed by atoms with Crippen LogP contribution in [0.3, 0.4) is 0 Å². The fourth-order valence-electron chi connectivity index (χ4n) is 1.51. The number of nitrogens with one attached hydrogen (secondary N) is 2. The minimum atomic E-state index is -0.352. The Morgan fingerprint density at radius 1 is 1.00 bits per heavy atom. The third-order valence-electron chi connectivity index (χ3n) is 2.69. The van der Waals surface area contributed by atoms with Crippen molar-refractivity contribution in [2.75, 3.05) is 13.2 Å². The van der Waals surface area contributed by atoms with E-state index in [2.05, 4.69) is 10.6 Å². The van der Waals surface area contributed by atoms with E-state index in [0.717, 1.165) is 0 Å². The maximum atomic E-state index is 11.9. The summed E-state index contributed by atoms with van der Waals surface area (Å²) >= 11 is 0. The van der Waals surface area contributed by atoms with Gasteiger partial charge in [-0.25, -0.2) is 0 Å². The maximum Gasteiger partial charge on any atom is 0.251 e. The minimum Gasteiger partial charge on any atom is -0.394 e. The molecule has 6 nitrogen and oxygen atoms in total. The number of hydrogen-bond acceptors (Lipinski definition) is 4. The van der Waals surface area contributed by atoms with Crippen molar-refractivity contribution in [2.24, 2.45) is 0 Å². The molecule has 0 saturated carbocycles. The van der Waals surface area contributed by atoms with Gasteiger partial charge in [0.25, 0.3) is 11.8 Å². The summed E-state index contributed by atoms with van der Waals surface area (Å²) in [6.45, 7) is 3.05. The number of carbonyl (C=O) groups excluding carboxylic acids is 2. The minimum absolute atomic E-state index is 0.153. The molecule has 0 aromatic heterocycles. The summed E-state index contributed by atoms with van der Waals surface area (Å²) < 4.78 is 0. The molecule has 0 fully saturated rings. The summed E-state index contributed by atoms with van der Waals surface area (Å²) in [6.07, 6.45) is 0. The van der Waals surface area contributed by atoms with Gasteiger partial charge in [0.05, 0.1) is 13.2 Å². The molecule has 20 heavy (non-hydrogen) atoms. The summed E-state index contributed by atoms with van der Waals surface area (Å²) in [6, 6.07) is 5.55. The molecule has 2 atom stereocenters. The molecule has 4 N–H and O–H groups in total. The summed E-state index contributed by atoms with van der Waals surface area (Å²) in [5.41, 5.74) is 0.684. The smallest absolute Gasteiger partial charge is 0.251 e. The van der Waals surface area contributed by atoms with Crippen LogP contribution >= 0.6 is 0 Å². The normalized spacial score (nSPS) is 13.4. The molecule has 0 bridgehead atoms. The summed E-state index contributed by atoms with van der Waals surface area (Å²) in [5.74, 6) is -0.701. The first kappa shape index (κ1) is 16.1. The monoisotopic (exact) mass is 280 g/mol. The van der Waals surface area contributed by atoms with Crippen molar-refractivity contribution < 1.29 is 19.8 Å². The maximum absolute atomic E-state index is 11.9. The number of aliphatic hydroxyl groups is 2. The van der Waals surface area contributed by atoms with Gasteiger partial charge in [0.15, 0.2) is 0 Å². The summed E-state index contributed by atoms with van der Waals surface area (Å²) in [5, 5.41) is 23.0. The predicted octanol–water partition coefficient (Wildman–Crippen LogP) is -0.0922. The number of aliphatic hydroxyl groups excluding tert-OH is 2. The van der Waals surface area contributed by atoms with Crippen molar-refractivity contribution in [3.63, 3.8) is 0 Å². The standard InChI is InChI=1S/C14H20N2O4/c1-9(7-17)15-13(19)11-4-3-5-12(6-11)14(20)16-10(2)8-18/h3-6,9-10,17-18H,7-8H2,1-2H3,(H,15,19)(H,16,20). The fourth-order valence-corrected chi connectivity index (χ4v) is 1.51. The van der Waals surface area contributed by atoms with Crippen molar-refractivity contribution >= 4 is 11.8 Å². The zero-order chi connectivity index (χ0) is 15.1. The van der Waals surface area contributed by atoms with Crippen molar-refractivity contribution in [1.82, 2.24) is 10.6 Å². The van der Waals surface area contributed by atoms with Gasteiger partial charge >= 0.3 is 0 Å². The van der Waals surface area contributed by atoms with Gasteiger partial charge in [-0.1, -0.05) is 6.07 Å². The van der Waals surface area contributed by atoms with Gasteiger partial charge < -0.3 is 20.8 Å². The molecule has 110 valence electrons. The predicted molar refractivity (Wildman–Crippen MR) is 74.5 cm³/mol. The van der Waals surface area contributed by atoms with E-state index in [1.807, 2.05) is 0 Å². The molecule has 2 unspecified atom stereocenters. The topological polar surface area (TPSA) is 98.7 Å². The second-order valence-corrected chi connectivity index (χ2v) is 4.69. The van der Waals surface area contributed by atoms with E-state index < -0.39 is 0 Å². The molecule has 1 rings (SSSR count).